The van der Waals surface area contributed by atoms with Crippen molar-refractivity contribution in [3.63, 3.8) is 0 Å². The standard InChI is InChI=1S/C15H23ClN2O/c1-3-12(2)17-6-8-18(9-7-17)15-5-4-13(11-19)10-14(15)16/h4-5,10,12,19H,3,6-9,11H2,1-2H3. The Morgan fingerprint density at radius 1 is 1.26 bits per heavy atom. The summed E-state index contributed by atoms with van der Waals surface area (Å²) < 4.78 is 0. The van der Waals surface area contributed by atoms with Crippen molar-refractivity contribution in [3.05, 3.63) is 28.8 Å². The zero-order chi connectivity index (χ0) is 13.8. The zero-order valence-electron chi connectivity index (χ0n) is 11.8. The van der Waals surface area contributed by atoms with Crippen LogP contribution in [0.2, 0.25) is 5.02 Å². The first kappa shape index (κ1) is 14.6. The Balaban J connectivity index is 2.01. The predicted molar refractivity (Wildman–Crippen MR) is 80.9 cm³/mol. The van der Waals surface area contributed by atoms with Crippen LogP contribution < -0.4 is 4.90 Å². The molecule has 0 amide bonds. The lowest BCUT2D eigenvalue weighted by atomic mass is 10.1. The van der Waals surface area contributed by atoms with E-state index in [1.807, 2.05) is 18.2 Å². The molecule has 106 valence electrons. The molecular formula is C15H23ClN2O. The monoisotopic (exact) mass is 282 g/mol. The van der Waals surface area contributed by atoms with Gasteiger partial charge < -0.3 is 10.0 Å². The topological polar surface area (TPSA) is 26.7 Å². The van der Waals surface area contributed by atoms with Crippen molar-refractivity contribution in [1.29, 1.82) is 0 Å². The van der Waals surface area contributed by atoms with Crippen LogP contribution in [0.25, 0.3) is 0 Å². The van der Waals surface area contributed by atoms with Gasteiger partial charge in [-0.2, -0.15) is 0 Å². The molecule has 1 aromatic rings. The molecule has 1 unspecified atom stereocenters. The predicted octanol–water partition coefficient (Wildman–Crippen LogP) is 2.75. The molecule has 0 aliphatic carbocycles. The SMILES string of the molecule is CCC(C)N1CCN(c2ccc(CO)cc2Cl)CC1. The van der Waals surface area contributed by atoms with Gasteiger partial charge in [0.25, 0.3) is 0 Å². The summed E-state index contributed by atoms with van der Waals surface area (Å²) >= 11 is 6.30. The molecule has 1 saturated heterocycles. The smallest absolute Gasteiger partial charge is 0.0682 e. The van der Waals surface area contributed by atoms with E-state index in [0.29, 0.717) is 6.04 Å². The molecule has 0 aromatic heterocycles. The van der Waals surface area contributed by atoms with E-state index in [1.54, 1.807) is 0 Å². The van der Waals surface area contributed by atoms with Gasteiger partial charge in [-0.15, -0.1) is 0 Å². The van der Waals surface area contributed by atoms with Crippen molar-refractivity contribution < 1.29 is 5.11 Å². The molecule has 0 bridgehead atoms. The highest BCUT2D eigenvalue weighted by Crippen LogP contribution is 2.28. The van der Waals surface area contributed by atoms with Crippen molar-refractivity contribution in [1.82, 2.24) is 4.90 Å². The third kappa shape index (κ3) is 3.41. The Kier molecular flexibility index (Phi) is 5.08. The highest BCUT2D eigenvalue weighted by molar-refractivity contribution is 6.33. The van der Waals surface area contributed by atoms with Crippen LogP contribution in [0.3, 0.4) is 0 Å². The molecule has 1 heterocycles. The summed E-state index contributed by atoms with van der Waals surface area (Å²) in [6.45, 7) is 8.78. The minimum absolute atomic E-state index is 0.0434. The van der Waals surface area contributed by atoms with Crippen LogP contribution in [-0.2, 0) is 6.61 Å². The van der Waals surface area contributed by atoms with Gasteiger partial charge in [-0.3, -0.25) is 4.90 Å². The summed E-state index contributed by atoms with van der Waals surface area (Å²) in [4.78, 5) is 4.87. The van der Waals surface area contributed by atoms with E-state index in [9.17, 15) is 0 Å². The lowest BCUT2D eigenvalue weighted by Gasteiger charge is -2.39. The van der Waals surface area contributed by atoms with Gasteiger partial charge in [-0.05, 0) is 31.0 Å². The molecule has 1 N–H and O–H groups in total. The van der Waals surface area contributed by atoms with E-state index in [-0.39, 0.29) is 6.61 Å². The lowest BCUT2D eigenvalue weighted by Crippen LogP contribution is -2.49. The van der Waals surface area contributed by atoms with Gasteiger partial charge in [0.1, 0.15) is 0 Å². The van der Waals surface area contributed by atoms with Crippen molar-refractivity contribution in [2.45, 2.75) is 32.9 Å². The van der Waals surface area contributed by atoms with Crippen LogP contribution in [0, 0.1) is 0 Å². The van der Waals surface area contributed by atoms with Crippen LogP contribution in [0.5, 0.6) is 0 Å². The Morgan fingerprint density at radius 3 is 2.47 bits per heavy atom. The fourth-order valence-electron chi connectivity index (χ4n) is 2.57. The van der Waals surface area contributed by atoms with Crippen molar-refractivity contribution in [2.24, 2.45) is 0 Å². The van der Waals surface area contributed by atoms with Crippen LogP contribution in [0.15, 0.2) is 18.2 Å². The van der Waals surface area contributed by atoms with E-state index in [1.165, 1.54) is 6.42 Å². The average Bonchev–Trinajstić information content (AvgIpc) is 2.46. The molecule has 1 aromatic carbocycles. The van der Waals surface area contributed by atoms with Crippen molar-refractivity contribution in [2.75, 3.05) is 31.1 Å². The molecular weight excluding hydrogens is 260 g/mol. The zero-order valence-corrected chi connectivity index (χ0v) is 12.5. The minimum Gasteiger partial charge on any atom is -0.392 e. The molecule has 1 aliphatic heterocycles. The highest BCUT2D eigenvalue weighted by Gasteiger charge is 2.21. The van der Waals surface area contributed by atoms with Gasteiger partial charge in [0, 0.05) is 32.2 Å². The number of benzene rings is 1. The van der Waals surface area contributed by atoms with Gasteiger partial charge in [0.05, 0.1) is 17.3 Å². The second-order valence-corrected chi connectivity index (χ2v) is 5.63. The second kappa shape index (κ2) is 6.60. The Bertz CT molecular complexity index is 417. The number of piperazine rings is 1. The summed E-state index contributed by atoms with van der Waals surface area (Å²) in [6, 6.07) is 6.49. The summed E-state index contributed by atoms with van der Waals surface area (Å²) in [5, 5.41) is 9.85. The number of hydrogen-bond acceptors (Lipinski definition) is 3. The fourth-order valence-corrected chi connectivity index (χ4v) is 2.89. The molecule has 2 rings (SSSR count). The molecule has 1 atom stereocenters. The van der Waals surface area contributed by atoms with Crippen LogP contribution in [-0.4, -0.2) is 42.2 Å². The average molecular weight is 283 g/mol. The first-order valence-electron chi connectivity index (χ1n) is 7.04. The number of rotatable bonds is 4. The van der Waals surface area contributed by atoms with Crippen LogP contribution in [0.4, 0.5) is 5.69 Å². The number of halogens is 1. The first-order valence-corrected chi connectivity index (χ1v) is 7.41. The summed E-state index contributed by atoms with van der Waals surface area (Å²) in [5.74, 6) is 0. The van der Waals surface area contributed by atoms with E-state index in [2.05, 4.69) is 23.6 Å². The third-order valence-electron chi connectivity index (χ3n) is 4.06. The normalized spacial score (nSPS) is 18.6. The summed E-state index contributed by atoms with van der Waals surface area (Å²) in [6.07, 6.45) is 1.20. The number of hydrogen-bond donors (Lipinski definition) is 1. The second-order valence-electron chi connectivity index (χ2n) is 5.22. The largest absolute Gasteiger partial charge is 0.392 e. The van der Waals surface area contributed by atoms with E-state index in [4.69, 9.17) is 16.7 Å². The fraction of sp³-hybridized carbons (Fsp3) is 0.600. The molecule has 3 nitrogen and oxygen atoms in total. The van der Waals surface area contributed by atoms with Gasteiger partial charge in [0.15, 0.2) is 0 Å². The Labute approximate surface area is 120 Å². The van der Waals surface area contributed by atoms with Gasteiger partial charge in [0.2, 0.25) is 0 Å². The maximum absolute atomic E-state index is 9.11. The third-order valence-corrected chi connectivity index (χ3v) is 4.37. The first-order chi connectivity index (χ1) is 9.15. The quantitative estimate of drug-likeness (QED) is 0.920. The molecule has 1 fully saturated rings. The van der Waals surface area contributed by atoms with Crippen LogP contribution >= 0.6 is 11.6 Å². The Hall–Kier alpha value is -0.770. The molecule has 0 spiro atoms. The molecule has 1 aliphatic rings. The Morgan fingerprint density at radius 2 is 1.95 bits per heavy atom. The number of aliphatic hydroxyl groups is 1. The summed E-state index contributed by atoms with van der Waals surface area (Å²) in [5.41, 5.74) is 1.95. The van der Waals surface area contributed by atoms with Gasteiger partial charge in [-0.25, -0.2) is 0 Å². The number of anilines is 1. The molecule has 4 heteroatoms. The van der Waals surface area contributed by atoms with Crippen molar-refractivity contribution in [3.8, 4) is 0 Å². The molecule has 0 radical (unpaired) electrons. The van der Waals surface area contributed by atoms with E-state index in [0.717, 1.165) is 42.5 Å². The maximum atomic E-state index is 9.11. The highest BCUT2D eigenvalue weighted by atomic mass is 35.5. The van der Waals surface area contributed by atoms with Crippen LogP contribution in [0.1, 0.15) is 25.8 Å². The number of nitrogens with zero attached hydrogens (tertiary/aromatic N) is 2. The number of aliphatic hydroxyl groups excluding tert-OH is 1. The molecule has 19 heavy (non-hydrogen) atoms. The van der Waals surface area contributed by atoms with Gasteiger partial charge in [-0.1, -0.05) is 24.6 Å². The van der Waals surface area contributed by atoms with E-state index < -0.39 is 0 Å². The van der Waals surface area contributed by atoms with Crippen molar-refractivity contribution >= 4 is 17.3 Å². The van der Waals surface area contributed by atoms with Gasteiger partial charge >= 0.3 is 0 Å². The minimum atomic E-state index is 0.0434. The maximum Gasteiger partial charge on any atom is 0.0682 e. The summed E-state index contributed by atoms with van der Waals surface area (Å²) in [7, 11) is 0. The molecule has 0 saturated carbocycles. The lowest BCUT2D eigenvalue weighted by molar-refractivity contribution is 0.193. The van der Waals surface area contributed by atoms with E-state index >= 15 is 0 Å².